The van der Waals surface area contributed by atoms with Gasteiger partial charge in [-0.15, -0.1) is 12.4 Å². The van der Waals surface area contributed by atoms with Crippen LogP contribution >= 0.6 is 12.4 Å². The van der Waals surface area contributed by atoms with Crippen molar-refractivity contribution in [3.63, 3.8) is 0 Å². The average molecular weight is 307 g/mol. The fourth-order valence-electron chi connectivity index (χ4n) is 3.49. The Hall–Kier alpha value is -0.320. The normalized spacial score (nSPS) is 23.6. The molecule has 0 spiro atoms. The van der Waals surface area contributed by atoms with E-state index in [0.717, 1.165) is 32.3 Å². The predicted octanol–water partition coefficient (Wildman–Crippen LogP) is 2.59. The molecular weight excluding hydrogens is 276 g/mol. The Bertz CT molecular complexity index is 296. The Morgan fingerprint density at radius 3 is 2.40 bits per heavy atom. The Morgan fingerprint density at radius 1 is 1.35 bits per heavy atom. The molecule has 0 radical (unpaired) electrons. The number of rotatable bonds is 8. The lowest BCUT2D eigenvalue weighted by Gasteiger charge is -2.58. The van der Waals surface area contributed by atoms with E-state index >= 15 is 0 Å². The minimum Gasteiger partial charge on any atom is -0.378 e. The van der Waals surface area contributed by atoms with Crippen LogP contribution in [0, 0.1) is 5.41 Å². The van der Waals surface area contributed by atoms with Crippen LogP contribution in [0.15, 0.2) is 0 Å². The smallest absolute Gasteiger partial charge is 0.222 e. The molecule has 0 aromatic rings. The molecule has 5 heteroatoms. The van der Waals surface area contributed by atoms with Crippen molar-refractivity contribution < 1.29 is 9.53 Å². The molecule has 1 fully saturated rings. The highest BCUT2D eigenvalue weighted by Gasteiger charge is 2.55. The van der Waals surface area contributed by atoms with Crippen LogP contribution in [0.4, 0.5) is 0 Å². The largest absolute Gasteiger partial charge is 0.378 e. The first-order chi connectivity index (χ1) is 9.07. The first-order valence-corrected chi connectivity index (χ1v) is 7.64. The van der Waals surface area contributed by atoms with Crippen LogP contribution in [0.5, 0.6) is 0 Å². The Labute approximate surface area is 129 Å². The number of nitrogens with zero attached hydrogens (tertiary/aromatic N) is 1. The van der Waals surface area contributed by atoms with Gasteiger partial charge in [0.25, 0.3) is 0 Å². The van der Waals surface area contributed by atoms with Crippen molar-refractivity contribution in [2.45, 2.75) is 65.0 Å². The summed E-state index contributed by atoms with van der Waals surface area (Å²) in [7, 11) is 1.94. The van der Waals surface area contributed by atoms with Gasteiger partial charge in [0.1, 0.15) is 0 Å². The van der Waals surface area contributed by atoms with Crippen molar-refractivity contribution in [1.82, 2.24) is 4.90 Å². The van der Waals surface area contributed by atoms with Gasteiger partial charge in [-0.3, -0.25) is 4.79 Å². The summed E-state index contributed by atoms with van der Waals surface area (Å²) < 4.78 is 5.86. The van der Waals surface area contributed by atoms with Gasteiger partial charge in [0, 0.05) is 31.5 Å². The minimum atomic E-state index is 0. The van der Waals surface area contributed by atoms with E-state index in [4.69, 9.17) is 10.5 Å². The van der Waals surface area contributed by atoms with E-state index in [-0.39, 0.29) is 23.7 Å². The van der Waals surface area contributed by atoms with Crippen molar-refractivity contribution in [3.8, 4) is 0 Å². The molecule has 1 aliphatic rings. The summed E-state index contributed by atoms with van der Waals surface area (Å²) in [6, 6.07) is 0.323. The number of carbonyl (C=O) groups is 1. The summed E-state index contributed by atoms with van der Waals surface area (Å²) in [5.41, 5.74) is 5.62. The Kier molecular flexibility index (Phi) is 8.71. The topological polar surface area (TPSA) is 55.6 Å². The first-order valence-electron chi connectivity index (χ1n) is 7.64. The number of carbonyl (C=O) groups excluding carboxylic acids is 1. The fraction of sp³-hybridized carbons (Fsp3) is 0.933. The van der Waals surface area contributed by atoms with Gasteiger partial charge in [0.15, 0.2) is 0 Å². The van der Waals surface area contributed by atoms with Crippen molar-refractivity contribution in [2.24, 2.45) is 11.1 Å². The van der Waals surface area contributed by atoms with E-state index in [2.05, 4.69) is 13.8 Å². The van der Waals surface area contributed by atoms with Gasteiger partial charge in [-0.05, 0) is 39.2 Å². The van der Waals surface area contributed by atoms with E-state index < -0.39 is 0 Å². The SMILES string of the molecule is CCOC1CC(N(C)C(=O)CCCN)C1(CC)CC.Cl. The molecule has 20 heavy (non-hydrogen) atoms. The second-order valence-corrected chi connectivity index (χ2v) is 5.53. The number of amides is 1. The summed E-state index contributed by atoms with van der Waals surface area (Å²) in [5.74, 6) is 0.219. The second-order valence-electron chi connectivity index (χ2n) is 5.53. The number of hydrogen-bond acceptors (Lipinski definition) is 3. The van der Waals surface area contributed by atoms with E-state index in [1.165, 1.54) is 0 Å². The second kappa shape index (κ2) is 8.85. The Balaban J connectivity index is 0.00000361. The highest BCUT2D eigenvalue weighted by Crippen LogP contribution is 2.51. The number of nitrogens with two attached hydrogens (primary N) is 1. The van der Waals surface area contributed by atoms with Gasteiger partial charge in [0.2, 0.25) is 5.91 Å². The number of hydrogen-bond donors (Lipinski definition) is 1. The van der Waals surface area contributed by atoms with Crippen molar-refractivity contribution >= 4 is 18.3 Å². The van der Waals surface area contributed by atoms with Crippen molar-refractivity contribution in [2.75, 3.05) is 20.2 Å². The summed E-state index contributed by atoms with van der Waals surface area (Å²) in [5, 5.41) is 0. The number of ether oxygens (including phenoxy) is 1. The predicted molar refractivity (Wildman–Crippen MR) is 85.1 cm³/mol. The molecule has 0 heterocycles. The molecule has 0 aromatic heterocycles. The lowest BCUT2D eigenvalue weighted by Crippen LogP contribution is -2.64. The van der Waals surface area contributed by atoms with Gasteiger partial charge in [0.05, 0.1) is 6.10 Å². The molecule has 4 nitrogen and oxygen atoms in total. The summed E-state index contributed by atoms with van der Waals surface area (Å²) in [6.07, 6.45) is 4.74. The van der Waals surface area contributed by atoms with Crippen molar-refractivity contribution in [1.29, 1.82) is 0 Å². The number of halogens is 1. The van der Waals surface area contributed by atoms with Crippen LogP contribution in [0.2, 0.25) is 0 Å². The summed E-state index contributed by atoms with van der Waals surface area (Å²) in [6.45, 7) is 7.79. The molecule has 1 amide bonds. The minimum absolute atomic E-state index is 0. The zero-order chi connectivity index (χ0) is 14.5. The lowest BCUT2D eigenvalue weighted by molar-refractivity contribution is -0.177. The van der Waals surface area contributed by atoms with Crippen LogP contribution < -0.4 is 5.73 Å². The quantitative estimate of drug-likeness (QED) is 0.750. The van der Waals surface area contributed by atoms with E-state index in [0.29, 0.717) is 25.1 Å². The van der Waals surface area contributed by atoms with Crippen LogP contribution in [0.3, 0.4) is 0 Å². The van der Waals surface area contributed by atoms with E-state index in [9.17, 15) is 4.79 Å². The van der Waals surface area contributed by atoms with Gasteiger partial charge < -0.3 is 15.4 Å². The molecule has 120 valence electrons. The molecule has 2 atom stereocenters. The maximum atomic E-state index is 12.1. The highest BCUT2D eigenvalue weighted by molar-refractivity contribution is 5.85. The molecule has 0 saturated heterocycles. The highest BCUT2D eigenvalue weighted by atomic mass is 35.5. The summed E-state index contributed by atoms with van der Waals surface area (Å²) >= 11 is 0. The molecule has 1 rings (SSSR count). The van der Waals surface area contributed by atoms with E-state index in [1.807, 2.05) is 18.9 Å². The maximum absolute atomic E-state index is 12.1. The van der Waals surface area contributed by atoms with Crippen molar-refractivity contribution in [3.05, 3.63) is 0 Å². The Morgan fingerprint density at radius 2 is 1.95 bits per heavy atom. The maximum Gasteiger partial charge on any atom is 0.222 e. The lowest BCUT2D eigenvalue weighted by atomic mass is 9.58. The zero-order valence-electron chi connectivity index (χ0n) is 13.4. The molecular formula is C15H31ClN2O2. The van der Waals surface area contributed by atoms with Crippen LogP contribution in [0.1, 0.15) is 52.9 Å². The molecule has 1 aliphatic carbocycles. The molecule has 0 aromatic carbocycles. The zero-order valence-corrected chi connectivity index (χ0v) is 14.2. The molecule has 2 unspecified atom stereocenters. The monoisotopic (exact) mass is 306 g/mol. The standard InChI is InChI=1S/C15H30N2O2.ClH/c1-5-15(6-2)12(11-13(15)19-7-3)17(4)14(18)9-8-10-16;/h12-13H,5-11,16H2,1-4H3;1H. The molecule has 0 aliphatic heterocycles. The van der Waals surface area contributed by atoms with Gasteiger partial charge in [-0.2, -0.15) is 0 Å². The first kappa shape index (κ1) is 19.7. The van der Waals surface area contributed by atoms with Crippen LogP contribution in [0.25, 0.3) is 0 Å². The van der Waals surface area contributed by atoms with Gasteiger partial charge in [-0.25, -0.2) is 0 Å². The third kappa shape index (κ3) is 3.66. The molecule has 1 saturated carbocycles. The molecule has 2 N–H and O–H groups in total. The van der Waals surface area contributed by atoms with Crippen LogP contribution in [-0.4, -0.2) is 43.2 Å². The van der Waals surface area contributed by atoms with Crippen LogP contribution in [-0.2, 0) is 9.53 Å². The van der Waals surface area contributed by atoms with Gasteiger partial charge >= 0.3 is 0 Å². The third-order valence-corrected chi connectivity index (χ3v) is 4.88. The fourth-order valence-corrected chi connectivity index (χ4v) is 3.49. The van der Waals surface area contributed by atoms with Gasteiger partial charge in [-0.1, -0.05) is 13.8 Å². The average Bonchev–Trinajstić information content (AvgIpc) is 2.41. The summed E-state index contributed by atoms with van der Waals surface area (Å²) in [4.78, 5) is 14.1. The third-order valence-electron chi connectivity index (χ3n) is 4.88. The molecule has 0 bridgehead atoms. The van der Waals surface area contributed by atoms with E-state index in [1.54, 1.807) is 0 Å².